The van der Waals surface area contributed by atoms with Crippen molar-refractivity contribution in [1.82, 2.24) is 4.31 Å². The zero-order valence-electron chi connectivity index (χ0n) is 23.8. The van der Waals surface area contributed by atoms with Gasteiger partial charge >= 0.3 is 0 Å². The molecule has 1 N–H and O–H groups in total. The lowest BCUT2D eigenvalue weighted by Gasteiger charge is -2.27. The number of ether oxygens (including phenoxy) is 1. The van der Waals surface area contributed by atoms with E-state index in [0.717, 1.165) is 34.7 Å². The summed E-state index contributed by atoms with van der Waals surface area (Å²) in [4.78, 5) is 13.3. The van der Waals surface area contributed by atoms with Crippen LogP contribution in [-0.4, -0.2) is 53.8 Å². The maximum Gasteiger partial charge on any atom is 0.264 e. The quantitative estimate of drug-likeness (QED) is 0.346. The third-order valence-electron chi connectivity index (χ3n) is 7.12. The van der Waals surface area contributed by atoms with Crippen molar-refractivity contribution in [2.24, 2.45) is 0 Å². The van der Waals surface area contributed by atoms with Crippen molar-refractivity contribution < 1.29 is 26.4 Å². The van der Waals surface area contributed by atoms with Crippen molar-refractivity contribution in [1.29, 1.82) is 0 Å². The largest absolute Gasteiger partial charge is 0.495 e. The summed E-state index contributed by atoms with van der Waals surface area (Å²) in [5.74, 6) is -0.206. The molecule has 0 bridgehead atoms. The van der Waals surface area contributed by atoms with Crippen LogP contribution in [0.5, 0.6) is 5.75 Å². The van der Waals surface area contributed by atoms with Crippen LogP contribution >= 0.6 is 0 Å². The van der Waals surface area contributed by atoms with Gasteiger partial charge < -0.3 is 10.1 Å². The van der Waals surface area contributed by atoms with E-state index in [-0.39, 0.29) is 27.1 Å². The second kappa shape index (κ2) is 12.6. The fourth-order valence-corrected chi connectivity index (χ4v) is 7.83. The Morgan fingerprint density at radius 2 is 1.56 bits per heavy atom. The van der Waals surface area contributed by atoms with Gasteiger partial charge in [-0.25, -0.2) is 16.8 Å². The third-order valence-corrected chi connectivity index (χ3v) is 10.8. The van der Waals surface area contributed by atoms with Crippen molar-refractivity contribution in [2.45, 2.75) is 55.7 Å². The Balaban J connectivity index is 1.64. The summed E-state index contributed by atoms with van der Waals surface area (Å²) in [5.41, 5.74) is 2.50. The number of hydrogen-bond acceptors (Lipinski definition) is 6. The van der Waals surface area contributed by atoms with Gasteiger partial charge in [-0.15, -0.1) is 0 Å². The Morgan fingerprint density at radius 1 is 0.927 bits per heavy atom. The number of nitrogens with zero attached hydrogens (tertiary/aromatic N) is 2. The van der Waals surface area contributed by atoms with Gasteiger partial charge in [-0.05, 0) is 73.7 Å². The molecule has 1 amide bonds. The molecule has 1 aliphatic rings. The molecular weight excluding hydrogens is 562 g/mol. The predicted octanol–water partition coefficient (Wildman–Crippen LogP) is 5.14. The van der Waals surface area contributed by atoms with Crippen molar-refractivity contribution in [2.75, 3.05) is 36.4 Å². The molecule has 3 aromatic carbocycles. The van der Waals surface area contributed by atoms with E-state index in [0.29, 0.717) is 18.8 Å². The topological polar surface area (TPSA) is 113 Å². The van der Waals surface area contributed by atoms with Gasteiger partial charge in [0.1, 0.15) is 17.2 Å². The number of rotatable bonds is 10. The normalized spacial score (nSPS) is 14.6. The Morgan fingerprint density at radius 3 is 2.15 bits per heavy atom. The molecule has 1 saturated heterocycles. The van der Waals surface area contributed by atoms with Crippen LogP contribution in [0.25, 0.3) is 0 Å². The highest BCUT2D eigenvalue weighted by Gasteiger charge is 2.30. The van der Waals surface area contributed by atoms with Crippen LogP contribution in [0.3, 0.4) is 0 Å². The van der Waals surface area contributed by atoms with E-state index >= 15 is 0 Å². The number of hydrogen-bond donors (Lipinski definition) is 1. The van der Waals surface area contributed by atoms with Gasteiger partial charge in [0.2, 0.25) is 15.9 Å². The van der Waals surface area contributed by atoms with E-state index in [9.17, 15) is 21.6 Å². The first kappa shape index (κ1) is 30.5. The lowest BCUT2D eigenvalue weighted by atomic mass is 10.0. The summed E-state index contributed by atoms with van der Waals surface area (Å²) in [7, 11) is -6.56. The average molecular weight is 600 g/mol. The minimum atomic E-state index is -4.10. The molecule has 41 heavy (non-hydrogen) atoms. The summed E-state index contributed by atoms with van der Waals surface area (Å²) in [6, 6.07) is 17.9. The standard InChI is InChI=1S/C30H37N3O6S2/c1-22(2)24-10-13-26(14-11-24)33(40(35,36)27-15-8-23(3)9-16-27)21-30(34)31-25-12-17-28(39-4)29(20-25)41(37,38)32-18-6-5-7-19-32/h8-17,20,22H,5-7,18-19,21H2,1-4H3,(H,31,34). The van der Waals surface area contributed by atoms with Crippen LogP contribution in [0.15, 0.2) is 76.5 Å². The molecular formula is C30H37N3O6S2. The third kappa shape index (κ3) is 6.91. The van der Waals surface area contributed by atoms with Crippen LogP contribution in [0.2, 0.25) is 0 Å². The summed E-state index contributed by atoms with van der Waals surface area (Å²) in [6.45, 7) is 6.26. The summed E-state index contributed by atoms with van der Waals surface area (Å²) in [5, 5.41) is 2.69. The fourth-order valence-electron chi connectivity index (χ4n) is 4.71. The molecule has 3 aromatic rings. The molecule has 9 nitrogen and oxygen atoms in total. The molecule has 0 spiro atoms. The Bertz CT molecular complexity index is 1580. The van der Waals surface area contributed by atoms with Gasteiger partial charge in [0.25, 0.3) is 10.0 Å². The molecule has 0 aromatic heterocycles. The number of piperidine rings is 1. The maximum atomic E-state index is 13.7. The van der Waals surface area contributed by atoms with E-state index in [1.807, 2.05) is 32.9 Å². The fraction of sp³-hybridized carbons (Fsp3) is 0.367. The number of nitrogens with one attached hydrogen (secondary N) is 1. The van der Waals surface area contributed by atoms with Crippen molar-refractivity contribution in [3.8, 4) is 5.75 Å². The molecule has 1 aliphatic heterocycles. The van der Waals surface area contributed by atoms with E-state index in [4.69, 9.17) is 4.74 Å². The Kier molecular flexibility index (Phi) is 9.41. The summed E-state index contributed by atoms with van der Waals surface area (Å²) < 4.78 is 62.1. The number of methoxy groups -OCH3 is 1. The van der Waals surface area contributed by atoms with Gasteiger partial charge in [0.15, 0.2) is 0 Å². The van der Waals surface area contributed by atoms with E-state index in [1.54, 1.807) is 24.3 Å². The first-order valence-electron chi connectivity index (χ1n) is 13.6. The lowest BCUT2D eigenvalue weighted by Crippen LogP contribution is -2.38. The van der Waals surface area contributed by atoms with Crippen LogP contribution < -0.4 is 14.4 Å². The molecule has 4 rings (SSSR count). The van der Waals surface area contributed by atoms with Crippen LogP contribution in [-0.2, 0) is 24.8 Å². The number of carbonyl (C=O) groups excluding carboxylic acids is 1. The van der Waals surface area contributed by atoms with E-state index in [1.165, 1.54) is 41.7 Å². The minimum absolute atomic E-state index is 0.0480. The van der Waals surface area contributed by atoms with Gasteiger partial charge in [0, 0.05) is 18.8 Å². The highest BCUT2D eigenvalue weighted by molar-refractivity contribution is 7.92. The van der Waals surface area contributed by atoms with Gasteiger partial charge in [-0.1, -0.05) is 50.1 Å². The van der Waals surface area contributed by atoms with E-state index in [2.05, 4.69) is 5.32 Å². The second-order valence-electron chi connectivity index (χ2n) is 10.4. The molecule has 1 fully saturated rings. The number of amides is 1. The van der Waals surface area contributed by atoms with Crippen LogP contribution in [0.1, 0.15) is 50.2 Å². The van der Waals surface area contributed by atoms with Crippen molar-refractivity contribution in [3.05, 3.63) is 77.9 Å². The molecule has 11 heteroatoms. The zero-order chi connectivity index (χ0) is 29.8. The maximum absolute atomic E-state index is 13.7. The first-order valence-corrected chi connectivity index (χ1v) is 16.5. The Hall–Kier alpha value is -3.41. The van der Waals surface area contributed by atoms with Gasteiger partial charge in [-0.2, -0.15) is 4.31 Å². The predicted molar refractivity (Wildman–Crippen MR) is 160 cm³/mol. The molecule has 0 radical (unpaired) electrons. The molecule has 0 saturated carbocycles. The monoisotopic (exact) mass is 599 g/mol. The molecule has 1 heterocycles. The first-order chi connectivity index (χ1) is 19.4. The van der Waals surface area contributed by atoms with Crippen molar-refractivity contribution in [3.63, 3.8) is 0 Å². The average Bonchev–Trinajstić information content (AvgIpc) is 2.96. The minimum Gasteiger partial charge on any atom is -0.495 e. The van der Waals surface area contributed by atoms with Gasteiger partial charge in [-0.3, -0.25) is 9.10 Å². The van der Waals surface area contributed by atoms with Gasteiger partial charge in [0.05, 0.1) is 17.7 Å². The summed E-state index contributed by atoms with van der Waals surface area (Å²) >= 11 is 0. The second-order valence-corrected chi connectivity index (χ2v) is 14.2. The highest BCUT2D eigenvalue weighted by Crippen LogP contribution is 2.32. The molecule has 220 valence electrons. The summed E-state index contributed by atoms with van der Waals surface area (Å²) in [6.07, 6.45) is 2.53. The number of anilines is 2. The number of benzene rings is 3. The number of carbonyl (C=O) groups is 1. The molecule has 0 atom stereocenters. The van der Waals surface area contributed by atoms with Crippen LogP contribution in [0, 0.1) is 6.92 Å². The van der Waals surface area contributed by atoms with Crippen LogP contribution in [0.4, 0.5) is 11.4 Å². The SMILES string of the molecule is COc1ccc(NC(=O)CN(c2ccc(C(C)C)cc2)S(=O)(=O)c2ccc(C)cc2)cc1S(=O)(=O)N1CCCCC1. The smallest absolute Gasteiger partial charge is 0.264 e. The van der Waals surface area contributed by atoms with Crippen molar-refractivity contribution >= 4 is 37.3 Å². The number of aryl methyl sites for hydroxylation is 1. The Labute approximate surface area is 243 Å². The van der Waals surface area contributed by atoms with E-state index < -0.39 is 32.5 Å². The zero-order valence-corrected chi connectivity index (χ0v) is 25.5. The molecule has 0 unspecified atom stereocenters. The highest BCUT2D eigenvalue weighted by atomic mass is 32.2. The number of sulfonamides is 2. The molecule has 0 aliphatic carbocycles. The lowest BCUT2D eigenvalue weighted by molar-refractivity contribution is -0.114.